The monoisotopic (exact) mass is 127 g/mol. The van der Waals surface area contributed by atoms with Gasteiger partial charge in [-0.1, -0.05) is 0 Å². The highest BCUT2D eigenvalue weighted by atomic mass is 32.1. The maximum Gasteiger partial charge on any atom is 0.181 e. The summed E-state index contributed by atoms with van der Waals surface area (Å²) >= 11 is 1.57. The molecule has 0 aliphatic heterocycles. The average Bonchev–Trinajstić information content (AvgIpc) is 2.19. The quantitative estimate of drug-likeness (QED) is 0.590. The van der Waals surface area contributed by atoms with Crippen molar-refractivity contribution in [3.63, 3.8) is 0 Å². The molecule has 2 heteroatoms. The number of hydrogen-bond acceptors (Lipinski definition) is 2. The van der Waals surface area contributed by atoms with E-state index < -0.39 is 0 Å². The predicted octanol–water partition coefficient (Wildman–Crippen LogP) is 1.95. The zero-order valence-corrected chi connectivity index (χ0v) is 5.49. The van der Waals surface area contributed by atoms with Crippen molar-refractivity contribution < 1.29 is 4.74 Å². The average molecular weight is 127 g/mol. The Morgan fingerprint density at radius 2 is 2.75 bits per heavy atom. The van der Waals surface area contributed by atoms with Crippen LogP contribution in [0.15, 0.2) is 11.4 Å². The molecule has 0 saturated heterocycles. The largest absolute Gasteiger partial charge is 0.484 e. The van der Waals surface area contributed by atoms with Crippen LogP contribution in [0.1, 0.15) is 6.92 Å². The van der Waals surface area contributed by atoms with E-state index in [1.807, 2.05) is 18.4 Å². The van der Waals surface area contributed by atoms with Crippen LogP contribution in [0.3, 0.4) is 0 Å². The van der Waals surface area contributed by atoms with Crippen molar-refractivity contribution in [3.8, 4) is 5.06 Å². The summed E-state index contributed by atoms with van der Waals surface area (Å²) in [5.41, 5.74) is 0. The van der Waals surface area contributed by atoms with E-state index in [-0.39, 0.29) is 0 Å². The molecular formula is C6H7OS. The third kappa shape index (κ3) is 1.23. The second kappa shape index (κ2) is 2.72. The maximum absolute atomic E-state index is 5.11. The van der Waals surface area contributed by atoms with Gasteiger partial charge in [-0.15, -0.1) is 11.3 Å². The third-order valence-corrected chi connectivity index (χ3v) is 1.44. The second-order valence-corrected chi connectivity index (χ2v) is 2.16. The minimum Gasteiger partial charge on any atom is -0.484 e. The van der Waals surface area contributed by atoms with E-state index in [9.17, 15) is 0 Å². The molecule has 0 aromatic carbocycles. The molecule has 1 aromatic heterocycles. The highest BCUT2D eigenvalue weighted by molar-refractivity contribution is 7.11. The van der Waals surface area contributed by atoms with Gasteiger partial charge >= 0.3 is 0 Å². The fourth-order valence-electron chi connectivity index (χ4n) is 0.439. The molecule has 1 heterocycles. The van der Waals surface area contributed by atoms with Gasteiger partial charge in [-0.2, -0.15) is 0 Å². The first kappa shape index (κ1) is 5.63. The van der Waals surface area contributed by atoms with Crippen molar-refractivity contribution in [1.82, 2.24) is 0 Å². The molecule has 0 fully saturated rings. The summed E-state index contributed by atoms with van der Waals surface area (Å²) in [7, 11) is 0. The predicted molar refractivity (Wildman–Crippen MR) is 34.3 cm³/mol. The van der Waals surface area contributed by atoms with E-state index in [1.165, 1.54) is 0 Å². The van der Waals surface area contributed by atoms with Gasteiger partial charge in [-0.25, -0.2) is 0 Å². The highest BCUT2D eigenvalue weighted by Crippen LogP contribution is 2.16. The molecule has 0 bridgehead atoms. The molecule has 0 spiro atoms. The van der Waals surface area contributed by atoms with Crippen LogP contribution in [0.25, 0.3) is 0 Å². The molecule has 1 rings (SSSR count). The molecule has 1 aromatic rings. The molecule has 0 aliphatic carbocycles. The second-order valence-electron chi connectivity index (χ2n) is 1.29. The van der Waals surface area contributed by atoms with Crippen LogP contribution >= 0.6 is 11.3 Å². The minimum absolute atomic E-state index is 0.733. The molecule has 0 N–H and O–H groups in total. The summed E-state index contributed by atoms with van der Waals surface area (Å²) < 4.78 is 5.11. The summed E-state index contributed by atoms with van der Waals surface area (Å²) in [6, 6.07) is 4.79. The lowest BCUT2D eigenvalue weighted by molar-refractivity contribution is 0.350. The standard InChI is InChI=1S/C6H7OS/c1-2-7-6-4-3-5-8-6/h3,5H,2H2,1H3. The van der Waals surface area contributed by atoms with Crippen molar-refractivity contribution in [1.29, 1.82) is 0 Å². The van der Waals surface area contributed by atoms with Gasteiger partial charge in [0.1, 0.15) is 0 Å². The maximum atomic E-state index is 5.11. The van der Waals surface area contributed by atoms with E-state index in [0.29, 0.717) is 0 Å². The molecule has 43 valence electrons. The number of thiophene rings is 1. The Hall–Kier alpha value is -0.500. The van der Waals surface area contributed by atoms with Gasteiger partial charge in [0.2, 0.25) is 0 Å². The van der Waals surface area contributed by atoms with Gasteiger partial charge in [0.25, 0.3) is 0 Å². The Morgan fingerprint density at radius 1 is 1.88 bits per heavy atom. The van der Waals surface area contributed by atoms with E-state index in [2.05, 4.69) is 6.07 Å². The first-order chi connectivity index (χ1) is 3.93. The Morgan fingerprint density at radius 3 is 3.25 bits per heavy atom. The Labute approximate surface area is 52.9 Å². The smallest absolute Gasteiger partial charge is 0.181 e. The van der Waals surface area contributed by atoms with Gasteiger partial charge < -0.3 is 4.74 Å². The Kier molecular flexibility index (Phi) is 1.92. The normalized spacial score (nSPS) is 9.12. The summed E-state index contributed by atoms with van der Waals surface area (Å²) in [6.07, 6.45) is 0. The van der Waals surface area contributed by atoms with Crippen molar-refractivity contribution in [2.75, 3.05) is 6.61 Å². The summed E-state index contributed by atoms with van der Waals surface area (Å²) in [4.78, 5) is 0. The fourth-order valence-corrected chi connectivity index (χ4v) is 1.02. The lowest BCUT2D eigenvalue weighted by Gasteiger charge is -1.93. The lowest BCUT2D eigenvalue weighted by Crippen LogP contribution is -1.86. The molecule has 8 heavy (non-hydrogen) atoms. The number of ether oxygens (including phenoxy) is 1. The Balaban J connectivity index is 2.50. The lowest BCUT2D eigenvalue weighted by atomic mass is 10.6. The zero-order chi connectivity index (χ0) is 5.82. The van der Waals surface area contributed by atoms with Crippen LogP contribution in [-0.2, 0) is 0 Å². The number of hydrogen-bond donors (Lipinski definition) is 0. The van der Waals surface area contributed by atoms with E-state index in [4.69, 9.17) is 4.74 Å². The molecule has 0 amide bonds. The van der Waals surface area contributed by atoms with Gasteiger partial charge in [0.05, 0.1) is 6.61 Å². The highest BCUT2D eigenvalue weighted by Gasteiger charge is 1.87. The summed E-state index contributed by atoms with van der Waals surface area (Å²) in [5.74, 6) is 0. The summed E-state index contributed by atoms with van der Waals surface area (Å²) in [6.45, 7) is 2.70. The van der Waals surface area contributed by atoms with Gasteiger partial charge in [-0.3, -0.25) is 0 Å². The van der Waals surface area contributed by atoms with Crippen molar-refractivity contribution >= 4 is 11.3 Å². The van der Waals surface area contributed by atoms with Gasteiger partial charge in [0.15, 0.2) is 5.06 Å². The van der Waals surface area contributed by atoms with Crippen LogP contribution in [0.4, 0.5) is 0 Å². The molecule has 0 saturated carbocycles. The van der Waals surface area contributed by atoms with E-state index in [0.717, 1.165) is 11.7 Å². The van der Waals surface area contributed by atoms with Gasteiger partial charge in [-0.05, 0) is 18.4 Å². The van der Waals surface area contributed by atoms with Crippen molar-refractivity contribution in [2.24, 2.45) is 0 Å². The van der Waals surface area contributed by atoms with Crippen LogP contribution in [0.5, 0.6) is 5.06 Å². The molecule has 1 radical (unpaired) electrons. The van der Waals surface area contributed by atoms with Crippen LogP contribution in [-0.4, -0.2) is 6.61 Å². The summed E-state index contributed by atoms with van der Waals surface area (Å²) in [5, 5.41) is 2.83. The van der Waals surface area contributed by atoms with Crippen LogP contribution < -0.4 is 4.74 Å². The molecule has 0 unspecified atom stereocenters. The van der Waals surface area contributed by atoms with Crippen molar-refractivity contribution in [2.45, 2.75) is 6.92 Å². The van der Waals surface area contributed by atoms with Gasteiger partial charge in [0, 0.05) is 6.07 Å². The SMILES string of the molecule is CCOc1[c]ccs1. The van der Waals surface area contributed by atoms with E-state index >= 15 is 0 Å². The molecular weight excluding hydrogens is 120 g/mol. The minimum atomic E-state index is 0.733. The first-order valence-electron chi connectivity index (χ1n) is 2.51. The first-order valence-corrected chi connectivity index (χ1v) is 3.39. The third-order valence-electron chi connectivity index (χ3n) is 0.720. The molecule has 0 atom stereocenters. The van der Waals surface area contributed by atoms with Crippen LogP contribution in [0, 0.1) is 6.07 Å². The van der Waals surface area contributed by atoms with E-state index in [1.54, 1.807) is 11.3 Å². The Bertz CT molecular complexity index is 134. The van der Waals surface area contributed by atoms with Crippen LogP contribution in [0.2, 0.25) is 0 Å². The molecule has 0 aliphatic rings. The number of rotatable bonds is 2. The fraction of sp³-hybridized carbons (Fsp3) is 0.333. The van der Waals surface area contributed by atoms with Crippen molar-refractivity contribution in [3.05, 3.63) is 17.5 Å². The topological polar surface area (TPSA) is 9.23 Å². The zero-order valence-electron chi connectivity index (χ0n) is 4.68. The molecule has 1 nitrogen and oxygen atoms in total.